The summed E-state index contributed by atoms with van der Waals surface area (Å²) in [6.45, 7) is 1.86. The molecule has 0 aromatic carbocycles. The Kier molecular flexibility index (Phi) is 3.10. The summed E-state index contributed by atoms with van der Waals surface area (Å²) in [5, 5.41) is 3.60. The Hall–Kier alpha value is -0.530. The van der Waals surface area contributed by atoms with Crippen molar-refractivity contribution in [1.29, 1.82) is 0 Å². The molecule has 5 heavy (non-hydrogen) atoms. The van der Waals surface area contributed by atoms with Gasteiger partial charge in [0.2, 0.25) is 0 Å². The zero-order chi connectivity index (χ0) is 4.12. The van der Waals surface area contributed by atoms with E-state index in [0.29, 0.717) is 0 Å². The minimum Gasteiger partial charge on any atom is -0.313 e. The second-order valence-corrected chi connectivity index (χ2v) is 0.611. The van der Waals surface area contributed by atoms with Crippen LogP contribution >= 0.6 is 0 Å². The molecule has 0 saturated heterocycles. The van der Waals surface area contributed by atoms with Gasteiger partial charge in [-0.15, -0.1) is 0 Å². The van der Waals surface area contributed by atoms with Gasteiger partial charge in [0.05, 0.1) is 0 Å². The van der Waals surface area contributed by atoms with Crippen LogP contribution in [0.5, 0.6) is 0 Å². The Balaban J connectivity index is 2.62. The lowest BCUT2D eigenvalue weighted by Crippen LogP contribution is -1.90. The maximum atomic E-state index is 3.60. The molecule has 0 aromatic rings. The zero-order valence-electron chi connectivity index (χ0n) is 3.52. The van der Waals surface area contributed by atoms with Gasteiger partial charge in [-0.2, -0.15) is 5.10 Å². The standard InChI is InChI=1S/C3H8N2/c1-3-5-4-2/h3-4H,1-2H3/b5-3+. The molecule has 0 atom stereocenters. The molecule has 0 spiro atoms. The van der Waals surface area contributed by atoms with Crippen LogP contribution in [-0.2, 0) is 0 Å². The SMILES string of the molecule is C/C=N/NC. The van der Waals surface area contributed by atoms with Crippen LogP contribution in [0.4, 0.5) is 0 Å². The average molecular weight is 72.1 g/mol. The van der Waals surface area contributed by atoms with Crippen molar-refractivity contribution >= 4 is 6.21 Å². The second kappa shape index (κ2) is 3.47. The van der Waals surface area contributed by atoms with E-state index in [1.807, 2.05) is 6.92 Å². The molecule has 0 unspecified atom stereocenters. The maximum absolute atomic E-state index is 3.60. The highest BCUT2D eigenvalue weighted by Crippen LogP contribution is 1.41. The molecule has 2 nitrogen and oxygen atoms in total. The molecular formula is C3H8N2. The highest BCUT2D eigenvalue weighted by molar-refractivity contribution is 5.52. The van der Waals surface area contributed by atoms with Crippen molar-refractivity contribution in [1.82, 2.24) is 5.43 Å². The van der Waals surface area contributed by atoms with Gasteiger partial charge in [0.15, 0.2) is 0 Å². The summed E-state index contributed by atoms with van der Waals surface area (Å²) in [5.41, 5.74) is 2.59. The first-order valence-electron chi connectivity index (χ1n) is 1.56. The van der Waals surface area contributed by atoms with Gasteiger partial charge in [0.25, 0.3) is 0 Å². The van der Waals surface area contributed by atoms with E-state index in [4.69, 9.17) is 0 Å². The molecule has 2 heteroatoms. The van der Waals surface area contributed by atoms with Gasteiger partial charge >= 0.3 is 0 Å². The van der Waals surface area contributed by atoms with Gasteiger partial charge < -0.3 is 5.43 Å². The Labute approximate surface area is 31.9 Å². The van der Waals surface area contributed by atoms with E-state index in [1.165, 1.54) is 0 Å². The van der Waals surface area contributed by atoms with Gasteiger partial charge in [0, 0.05) is 13.3 Å². The minimum absolute atomic E-state index is 1.69. The summed E-state index contributed by atoms with van der Waals surface area (Å²) in [5.74, 6) is 0. The van der Waals surface area contributed by atoms with Crippen LogP contribution in [0, 0.1) is 0 Å². The van der Waals surface area contributed by atoms with Crippen molar-refractivity contribution in [3.8, 4) is 0 Å². The number of rotatable bonds is 1. The van der Waals surface area contributed by atoms with Crippen molar-refractivity contribution in [2.75, 3.05) is 7.05 Å². The van der Waals surface area contributed by atoms with Crippen molar-refractivity contribution in [3.05, 3.63) is 0 Å². The van der Waals surface area contributed by atoms with Crippen molar-refractivity contribution in [2.24, 2.45) is 5.10 Å². The van der Waals surface area contributed by atoms with Crippen LogP contribution in [0.3, 0.4) is 0 Å². The molecule has 30 valence electrons. The van der Waals surface area contributed by atoms with Gasteiger partial charge in [-0.25, -0.2) is 0 Å². The van der Waals surface area contributed by atoms with Gasteiger partial charge in [0.1, 0.15) is 0 Å². The molecule has 0 aromatic heterocycles. The fraction of sp³-hybridized carbons (Fsp3) is 0.667. The molecule has 0 aliphatic rings. The van der Waals surface area contributed by atoms with Crippen LogP contribution in [0.2, 0.25) is 0 Å². The van der Waals surface area contributed by atoms with E-state index in [-0.39, 0.29) is 0 Å². The van der Waals surface area contributed by atoms with Crippen LogP contribution < -0.4 is 5.43 Å². The van der Waals surface area contributed by atoms with Crippen LogP contribution in [0.25, 0.3) is 0 Å². The van der Waals surface area contributed by atoms with Gasteiger partial charge in [-0.3, -0.25) is 0 Å². The largest absolute Gasteiger partial charge is 0.313 e. The Morgan fingerprint density at radius 1 is 1.80 bits per heavy atom. The van der Waals surface area contributed by atoms with Crippen LogP contribution in [0.15, 0.2) is 5.10 Å². The first-order chi connectivity index (χ1) is 2.41. The van der Waals surface area contributed by atoms with Crippen molar-refractivity contribution in [2.45, 2.75) is 6.92 Å². The third-order valence-electron chi connectivity index (χ3n) is 0.258. The summed E-state index contributed by atoms with van der Waals surface area (Å²) in [6, 6.07) is 0. The zero-order valence-corrected chi connectivity index (χ0v) is 3.52. The maximum Gasteiger partial charge on any atom is 0.0217 e. The Morgan fingerprint density at radius 3 is 2.40 bits per heavy atom. The molecule has 0 bridgehead atoms. The monoisotopic (exact) mass is 72.1 g/mol. The lowest BCUT2D eigenvalue weighted by molar-refractivity contribution is 0.906. The molecule has 0 rings (SSSR count). The van der Waals surface area contributed by atoms with E-state index < -0.39 is 0 Å². The number of hydrazone groups is 1. The topological polar surface area (TPSA) is 24.4 Å². The normalized spacial score (nSPS) is 9.20. The van der Waals surface area contributed by atoms with Crippen molar-refractivity contribution < 1.29 is 0 Å². The lowest BCUT2D eigenvalue weighted by atomic mass is 10.9. The Bertz CT molecular complexity index is 31.9. The van der Waals surface area contributed by atoms with E-state index in [1.54, 1.807) is 13.3 Å². The number of hydrogen-bond acceptors (Lipinski definition) is 2. The third-order valence-corrected chi connectivity index (χ3v) is 0.258. The van der Waals surface area contributed by atoms with E-state index >= 15 is 0 Å². The molecule has 0 saturated carbocycles. The molecule has 0 radical (unpaired) electrons. The van der Waals surface area contributed by atoms with Crippen LogP contribution in [0.1, 0.15) is 6.92 Å². The number of nitrogens with one attached hydrogen (secondary N) is 1. The molecule has 0 aliphatic heterocycles. The van der Waals surface area contributed by atoms with Crippen LogP contribution in [-0.4, -0.2) is 13.3 Å². The summed E-state index contributed by atoms with van der Waals surface area (Å²) in [4.78, 5) is 0. The molecular weight excluding hydrogens is 64.0 g/mol. The number of hydrogen-bond donors (Lipinski definition) is 1. The fourth-order valence-electron chi connectivity index (χ4n) is 0.129. The highest BCUT2D eigenvalue weighted by Gasteiger charge is 1.44. The molecule has 0 amide bonds. The number of nitrogens with zero attached hydrogens (tertiary/aromatic N) is 1. The van der Waals surface area contributed by atoms with E-state index in [2.05, 4.69) is 10.5 Å². The fourth-order valence-corrected chi connectivity index (χ4v) is 0.129. The smallest absolute Gasteiger partial charge is 0.0217 e. The molecule has 0 aliphatic carbocycles. The Morgan fingerprint density at radius 2 is 2.40 bits per heavy atom. The average Bonchev–Trinajstić information content (AvgIpc) is 1.41. The minimum atomic E-state index is 1.69. The quantitative estimate of drug-likeness (QED) is 0.347. The predicted octanol–water partition coefficient (Wildman–Crippen LogP) is 0.211. The highest BCUT2D eigenvalue weighted by atomic mass is 15.2. The van der Waals surface area contributed by atoms with Crippen molar-refractivity contribution in [3.63, 3.8) is 0 Å². The molecule has 0 fully saturated rings. The third kappa shape index (κ3) is 3.47. The second-order valence-electron chi connectivity index (χ2n) is 0.611. The summed E-state index contributed by atoms with van der Waals surface area (Å²) in [6.07, 6.45) is 1.69. The first-order valence-corrected chi connectivity index (χ1v) is 1.56. The van der Waals surface area contributed by atoms with Gasteiger partial charge in [-0.1, -0.05) is 0 Å². The predicted molar refractivity (Wildman–Crippen MR) is 23.2 cm³/mol. The van der Waals surface area contributed by atoms with Gasteiger partial charge in [-0.05, 0) is 6.92 Å². The summed E-state index contributed by atoms with van der Waals surface area (Å²) < 4.78 is 0. The summed E-state index contributed by atoms with van der Waals surface area (Å²) >= 11 is 0. The first kappa shape index (κ1) is 4.47. The lowest BCUT2D eigenvalue weighted by Gasteiger charge is -1.75. The van der Waals surface area contributed by atoms with E-state index in [0.717, 1.165) is 0 Å². The van der Waals surface area contributed by atoms with E-state index in [9.17, 15) is 0 Å². The molecule has 0 heterocycles. The summed E-state index contributed by atoms with van der Waals surface area (Å²) in [7, 11) is 1.76. The molecule has 1 N–H and O–H groups in total.